The number of para-hydroxylation sites is 1. The number of imide groups is 1. The van der Waals surface area contributed by atoms with Crippen molar-refractivity contribution < 1.29 is 32.7 Å². The Morgan fingerprint density at radius 2 is 1.70 bits per heavy atom. The van der Waals surface area contributed by atoms with Crippen LogP contribution in [0.4, 0.5) is 24.5 Å². The fourth-order valence-electron chi connectivity index (χ4n) is 10.1. The van der Waals surface area contributed by atoms with Crippen molar-refractivity contribution in [2.45, 2.75) is 89.0 Å². The van der Waals surface area contributed by atoms with E-state index >= 15 is 0 Å². The maximum Gasteiger partial charge on any atom is 0.433 e. The van der Waals surface area contributed by atoms with E-state index in [1.807, 2.05) is 12.1 Å². The number of alkyl halides is 3. The average molecular weight is 859 g/mol. The zero-order chi connectivity index (χ0) is 43.0. The molecule has 6 heterocycles. The number of thiazole rings is 1. The molecule has 3 aromatic heterocycles. The molecular formula is C44H49F3N8O5S. The van der Waals surface area contributed by atoms with Crippen LogP contribution in [0.2, 0.25) is 0 Å². The molecule has 61 heavy (non-hydrogen) atoms. The van der Waals surface area contributed by atoms with Gasteiger partial charge in [0.15, 0.2) is 0 Å². The second kappa shape index (κ2) is 15.3. The molecule has 1 spiro atoms. The minimum Gasteiger partial charge on any atom is -0.386 e. The van der Waals surface area contributed by atoms with Crippen LogP contribution in [0.25, 0.3) is 21.3 Å². The molecule has 3 amide bonds. The van der Waals surface area contributed by atoms with Gasteiger partial charge in [0.25, 0.3) is 5.91 Å². The van der Waals surface area contributed by atoms with Gasteiger partial charge in [0.1, 0.15) is 17.4 Å². The van der Waals surface area contributed by atoms with Gasteiger partial charge in [0.2, 0.25) is 11.8 Å². The number of pyridine rings is 1. The summed E-state index contributed by atoms with van der Waals surface area (Å²) >= 11 is 1.55. The lowest BCUT2D eigenvalue weighted by atomic mass is 9.71. The van der Waals surface area contributed by atoms with Crippen molar-refractivity contribution in [2.75, 3.05) is 42.9 Å². The number of amides is 3. The Morgan fingerprint density at radius 3 is 2.39 bits per heavy atom. The Morgan fingerprint density at radius 1 is 0.984 bits per heavy atom. The Kier molecular flexibility index (Phi) is 10.4. The van der Waals surface area contributed by atoms with Crippen LogP contribution in [-0.2, 0) is 28.4 Å². The number of hydrogen-bond acceptors (Lipinski definition) is 10. The van der Waals surface area contributed by atoms with Crippen LogP contribution in [0.3, 0.4) is 0 Å². The van der Waals surface area contributed by atoms with E-state index < -0.39 is 35.3 Å². The Bertz CT molecular complexity index is 2600. The van der Waals surface area contributed by atoms with Crippen molar-refractivity contribution in [3.8, 4) is 0 Å². The smallest absolute Gasteiger partial charge is 0.386 e. The highest BCUT2D eigenvalue weighted by molar-refractivity contribution is 7.18. The molecule has 5 aromatic rings. The number of aliphatic hydroxyl groups is 1. The number of anilines is 2. The molecule has 1 aliphatic carbocycles. The fourth-order valence-corrected chi connectivity index (χ4v) is 11.3. The van der Waals surface area contributed by atoms with Gasteiger partial charge in [-0.2, -0.15) is 13.2 Å². The van der Waals surface area contributed by atoms with Crippen molar-refractivity contribution in [1.82, 2.24) is 29.3 Å². The van der Waals surface area contributed by atoms with Crippen LogP contribution in [0.15, 0.2) is 53.3 Å². The molecule has 0 bridgehead atoms. The van der Waals surface area contributed by atoms with Gasteiger partial charge in [-0.05, 0) is 107 Å². The van der Waals surface area contributed by atoms with Crippen LogP contribution < -0.4 is 21.2 Å². The SMILES string of the molecule is Cn1c(=O)n(C2CCC(=O)NC2=O)c2cccc(N3CCC4(CC3)CN(CC3CCC(c5nc6cc(C(C)(C)O)c(NC(=O)c7cccc(C(F)(F)F)n7)cc6s5)CC3)C4)c21. The number of nitrogens with one attached hydrogen (secondary N) is 2. The van der Waals surface area contributed by atoms with Crippen LogP contribution in [0, 0.1) is 11.3 Å². The van der Waals surface area contributed by atoms with Crippen LogP contribution in [0.5, 0.6) is 0 Å². The quantitative estimate of drug-likeness (QED) is 0.145. The molecule has 3 N–H and O–H groups in total. The molecule has 9 rings (SSSR count). The molecule has 1 atom stereocenters. The number of halogens is 3. The number of piperidine rings is 2. The summed E-state index contributed by atoms with van der Waals surface area (Å²) < 4.78 is 43.8. The van der Waals surface area contributed by atoms with E-state index in [9.17, 15) is 37.5 Å². The first-order valence-corrected chi connectivity index (χ1v) is 21.8. The summed E-state index contributed by atoms with van der Waals surface area (Å²) in [4.78, 5) is 64.6. The van der Waals surface area contributed by atoms with E-state index in [1.165, 1.54) is 6.07 Å². The second-order valence-corrected chi connectivity index (χ2v) is 19.1. The molecule has 17 heteroatoms. The Labute approximate surface area is 353 Å². The number of benzene rings is 2. The molecule has 3 saturated heterocycles. The number of imidazole rings is 1. The predicted octanol–water partition coefficient (Wildman–Crippen LogP) is 6.70. The maximum atomic E-state index is 13.5. The average Bonchev–Trinajstić information content (AvgIpc) is 3.74. The number of aromatic nitrogens is 4. The minimum atomic E-state index is -4.69. The second-order valence-electron chi connectivity index (χ2n) is 18.0. The number of likely N-dealkylation sites (tertiary alicyclic amines) is 1. The Hall–Kier alpha value is -5.13. The van der Waals surface area contributed by atoms with E-state index in [0.717, 1.165) is 104 Å². The summed E-state index contributed by atoms with van der Waals surface area (Å²) in [5, 5.41) is 17.1. The first kappa shape index (κ1) is 41.2. The number of carbonyl (C=O) groups is 3. The lowest BCUT2D eigenvalue weighted by Gasteiger charge is -2.55. The zero-order valence-electron chi connectivity index (χ0n) is 34.3. The summed E-state index contributed by atoms with van der Waals surface area (Å²) in [5.41, 5.74) is 1.06. The van der Waals surface area contributed by atoms with Crippen LogP contribution in [0.1, 0.15) is 104 Å². The molecule has 4 fully saturated rings. The number of hydrogen-bond donors (Lipinski definition) is 3. The molecular weight excluding hydrogens is 810 g/mol. The molecule has 2 aromatic carbocycles. The summed E-state index contributed by atoms with van der Waals surface area (Å²) in [5.74, 6) is -0.653. The molecule has 0 radical (unpaired) electrons. The lowest BCUT2D eigenvalue weighted by molar-refractivity contribution is -0.141. The van der Waals surface area contributed by atoms with Gasteiger partial charge in [-0.25, -0.2) is 14.8 Å². The topological polar surface area (TPSA) is 155 Å². The van der Waals surface area contributed by atoms with E-state index in [1.54, 1.807) is 53.5 Å². The first-order chi connectivity index (χ1) is 29.0. The van der Waals surface area contributed by atoms with Gasteiger partial charge in [0.05, 0.1) is 37.5 Å². The summed E-state index contributed by atoms with van der Waals surface area (Å²) in [6.45, 7) is 8.18. The summed E-state index contributed by atoms with van der Waals surface area (Å²) in [6, 6.07) is 11.8. The van der Waals surface area contributed by atoms with E-state index in [-0.39, 0.29) is 29.1 Å². The highest BCUT2D eigenvalue weighted by Crippen LogP contribution is 2.45. The number of carbonyl (C=O) groups excluding carboxylic acids is 3. The molecule has 1 saturated carbocycles. The molecule has 4 aliphatic rings. The van der Waals surface area contributed by atoms with Crippen molar-refractivity contribution in [3.63, 3.8) is 0 Å². The molecule has 13 nitrogen and oxygen atoms in total. The lowest BCUT2D eigenvalue weighted by Crippen LogP contribution is -2.61. The highest BCUT2D eigenvalue weighted by atomic mass is 32.1. The normalized spacial score (nSPS) is 22.5. The fraction of sp³-hybridized carbons (Fsp3) is 0.500. The van der Waals surface area contributed by atoms with Crippen molar-refractivity contribution >= 4 is 61.7 Å². The van der Waals surface area contributed by atoms with Gasteiger partial charge >= 0.3 is 11.9 Å². The van der Waals surface area contributed by atoms with Crippen molar-refractivity contribution in [2.24, 2.45) is 18.4 Å². The van der Waals surface area contributed by atoms with Crippen LogP contribution in [-0.4, -0.2) is 79.6 Å². The number of aryl methyl sites for hydroxylation is 1. The zero-order valence-corrected chi connectivity index (χ0v) is 35.2. The number of nitrogens with zero attached hydrogens (tertiary/aromatic N) is 6. The molecule has 322 valence electrons. The maximum absolute atomic E-state index is 13.5. The van der Waals surface area contributed by atoms with Crippen molar-refractivity contribution in [3.05, 3.63) is 81.0 Å². The predicted molar refractivity (Wildman–Crippen MR) is 226 cm³/mol. The van der Waals surface area contributed by atoms with E-state index in [4.69, 9.17) is 4.98 Å². The first-order valence-electron chi connectivity index (χ1n) is 21.0. The van der Waals surface area contributed by atoms with Crippen molar-refractivity contribution in [1.29, 1.82) is 0 Å². The van der Waals surface area contributed by atoms with Gasteiger partial charge in [-0.1, -0.05) is 12.1 Å². The summed E-state index contributed by atoms with van der Waals surface area (Å²) in [6.07, 6.45) is 2.17. The number of rotatable bonds is 8. The third-order valence-corrected chi connectivity index (χ3v) is 14.5. The largest absolute Gasteiger partial charge is 0.433 e. The van der Waals surface area contributed by atoms with E-state index in [2.05, 4.69) is 31.5 Å². The minimum absolute atomic E-state index is 0.203. The standard InChI is InChI=1S/C44H49F3N8O5S/c1-42(2,60)27-20-30-34(21-29(27)49-38(57)28-6-4-9-35(48-28)44(45,46)47)61-40(50-30)26-12-10-25(11-13-26)22-53-23-43(24-53)16-18-54(19-17-43)31-7-5-8-32-37(31)52(3)41(59)55(32)33-14-15-36(56)51-39(33)58/h4-9,20-21,25-26,33,60H,10-19,22-24H2,1-3H3,(H,49,57)(H,51,56,58). The number of fused-ring (bicyclic) bond motifs is 2. The van der Waals surface area contributed by atoms with Gasteiger partial charge < -0.3 is 20.2 Å². The van der Waals surface area contributed by atoms with Gasteiger partial charge in [-0.3, -0.25) is 28.8 Å². The molecule has 3 aliphatic heterocycles. The third kappa shape index (κ3) is 7.84. The third-order valence-electron chi connectivity index (χ3n) is 13.3. The molecule has 1 unspecified atom stereocenters. The Balaban J connectivity index is 0.799. The monoisotopic (exact) mass is 858 g/mol. The van der Waals surface area contributed by atoms with E-state index in [0.29, 0.717) is 40.5 Å². The van der Waals surface area contributed by atoms with Crippen LogP contribution >= 0.6 is 11.3 Å². The summed E-state index contributed by atoms with van der Waals surface area (Å²) in [7, 11) is 1.75. The highest BCUT2D eigenvalue weighted by Gasteiger charge is 2.46. The van der Waals surface area contributed by atoms with Gasteiger partial charge in [-0.15, -0.1) is 11.3 Å². The van der Waals surface area contributed by atoms with Gasteiger partial charge in [0, 0.05) is 63.4 Å².